The molecule has 9 heteroatoms. The average Bonchev–Trinajstić information content (AvgIpc) is 3.01. The first kappa shape index (κ1) is 19.4. The normalized spacial score (nSPS) is 19.8. The van der Waals surface area contributed by atoms with Gasteiger partial charge in [0.2, 0.25) is 5.76 Å². The number of rotatable bonds is 5. The lowest BCUT2D eigenvalue weighted by atomic mass is 9.99. The summed E-state index contributed by atoms with van der Waals surface area (Å²) in [6, 6.07) is 2.73. The largest absolute Gasteiger partial charge is 0.475 e. The highest BCUT2D eigenvalue weighted by Gasteiger charge is 2.37. The van der Waals surface area contributed by atoms with Gasteiger partial charge >= 0.3 is 12.1 Å². The summed E-state index contributed by atoms with van der Waals surface area (Å²) in [4.78, 5) is 30.2. The van der Waals surface area contributed by atoms with Gasteiger partial charge in [-0.3, -0.25) is 4.90 Å². The zero-order valence-corrected chi connectivity index (χ0v) is 15.9. The zero-order valence-electron chi connectivity index (χ0n) is 15.1. The number of hydrogen-bond acceptors (Lipinski definition) is 6. The summed E-state index contributed by atoms with van der Waals surface area (Å²) >= 11 is 6.00. The molecular weight excluding hydrogens is 376 g/mol. The Morgan fingerprint density at radius 2 is 2.19 bits per heavy atom. The molecule has 1 aliphatic heterocycles. The third-order valence-corrected chi connectivity index (χ3v) is 4.75. The Morgan fingerprint density at radius 3 is 2.85 bits per heavy atom. The number of hydrogen-bond donors (Lipinski definition) is 1. The standard InChI is InChI=1S/C18H21ClN2O6/c1-3-11-9-10(7-8-26-11)21(18(24)25-4-2)15-14-12(5-6-13(19)20-14)27-16(15)17(22)23/h5-6,10-11H,3-4,7-9H2,1-2H3,(H,22,23). The van der Waals surface area contributed by atoms with E-state index in [0.717, 1.165) is 6.42 Å². The fourth-order valence-corrected chi connectivity index (χ4v) is 3.45. The molecule has 1 amide bonds. The third kappa shape index (κ3) is 3.86. The molecule has 2 aromatic rings. The smallest absolute Gasteiger partial charge is 0.414 e. The van der Waals surface area contributed by atoms with E-state index in [2.05, 4.69) is 4.98 Å². The Kier molecular flexibility index (Phi) is 5.86. The number of halogens is 1. The van der Waals surface area contributed by atoms with Gasteiger partial charge < -0.3 is 19.0 Å². The number of amides is 1. The van der Waals surface area contributed by atoms with Crippen molar-refractivity contribution in [3.8, 4) is 0 Å². The van der Waals surface area contributed by atoms with Crippen LogP contribution >= 0.6 is 11.6 Å². The number of furan rings is 1. The van der Waals surface area contributed by atoms with Gasteiger partial charge in [0.15, 0.2) is 5.58 Å². The quantitative estimate of drug-likeness (QED) is 0.759. The number of carbonyl (C=O) groups excluding carboxylic acids is 1. The summed E-state index contributed by atoms with van der Waals surface area (Å²) in [7, 11) is 0. The topological polar surface area (TPSA) is 102 Å². The molecule has 1 saturated heterocycles. The summed E-state index contributed by atoms with van der Waals surface area (Å²) in [5.41, 5.74) is 0.521. The average molecular weight is 397 g/mol. The number of carboxylic acids is 1. The lowest BCUT2D eigenvalue weighted by Crippen LogP contribution is -2.46. The van der Waals surface area contributed by atoms with E-state index in [1.165, 1.54) is 17.0 Å². The summed E-state index contributed by atoms with van der Waals surface area (Å²) in [6.45, 7) is 4.31. The van der Waals surface area contributed by atoms with Crippen LogP contribution in [0.3, 0.4) is 0 Å². The number of carbonyl (C=O) groups is 2. The lowest BCUT2D eigenvalue weighted by molar-refractivity contribution is 0.00466. The monoisotopic (exact) mass is 396 g/mol. The summed E-state index contributed by atoms with van der Waals surface area (Å²) in [5, 5.41) is 9.81. The first-order valence-corrected chi connectivity index (χ1v) is 9.23. The van der Waals surface area contributed by atoms with Crippen molar-refractivity contribution in [1.29, 1.82) is 0 Å². The van der Waals surface area contributed by atoms with Gasteiger partial charge in [-0.25, -0.2) is 14.6 Å². The minimum atomic E-state index is -1.30. The Bertz CT molecular complexity index is 852. The summed E-state index contributed by atoms with van der Waals surface area (Å²) in [5.74, 6) is -1.67. The number of fused-ring (bicyclic) bond motifs is 1. The molecule has 0 bridgehead atoms. The summed E-state index contributed by atoms with van der Waals surface area (Å²) in [6.07, 6.45) is 1.22. The predicted molar refractivity (Wildman–Crippen MR) is 98.5 cm³/mol. The van der Waals surface area contributed by atoms with Crippen molar-refractivity contribution < 1.29 is 28.6 Å². The number of carboxylic acid groups (broad SMARTS) is 1. The fraction of sp³-hybridized carbons (Fsp3) is 0.500. The van der Waals surface area contributed by atoms with E-state index in [-0.39, 0.29) is 46.5 Å². The molecule has 2 aromatic heterocycles. The molecule has 1 aliphatic rings. The van der Waals surface area contributed by atoms with E-state index in [0.29, 0.717) is 19.4 Å². The van der Waals surface area contributed by atoms with Crippen molar-refractivity contribution in [1.82, 2.24) is 4.98 Å². The molecule has 0 radical (unpaired) electrons. The number of nitrogens with zero attached hydrogens (tertiary/aromatic N) is 2. The molecule has 3 heterocycles. The molecule has 0 spiro atoms. The fourth-order valence-electron chi connectivity index (χ4n) is 3.30. The van der Waals surface area contributed by atoms with Crippen molar-refractivity contribution in [2.24, 2.45) is 0 Å². The van der Waals surface area contributed by atoms with Crippen LogP contribution in [0, 0.1) is 0 Å². The van der Waals surface area contributed by atoms with Gasteiger partial charge in [-0.15, -0.1) is 0 Å². The van der Waals surface area contributed by atoms with Gasteiger partial charge in [0, 0.05) is 12.6 Å². The van der Waals surface area contributed by atoms with Crippen LogP contribution < -0.4 is 4.90 Å². The third-order valence-electron chi connectivity index (χ3n) is 4.54. The van der Waals surface area contributed by atoms with Crippen LogP contribution in [0.15, 0.2) is 16.5 Å². The first-order valence-electron chi connectivity index (χ1n) is 8.86. The summed E-state index contributed by atoms with van der Waals surface area (Å²) < 4.78 is 16.4. The molecule has 3 rings (SSSR count). The van der Waals surface area contributed by atoms with Crippen LogP contribution in [-0.2, 0) is 9.47 Å². The van der Waals surface area contributed by atoms with Crippen molar-refractivity contribution in [2.45, 2.75) is 45.3 Å². The van der Waals surface area contributed by atoms with Crippen molar-refractivity contribution in [2.75, 3.05) is 18.1 Å². The highest BCUT2D eigenvalue weighted by Crippen LogP contribution is 2.37. The van der Waals surface area contributed by atoms with Gasteiger partial charge in [-0.2, -0.15) is 0 Å². The maximum atomic E-state index is 12.8. The molecule has 27 heavy (non-hydrogen) atoms. The molecule has 0 aliphatic carbocycles. The molecule has 146 valence electrons. The van der Waals surface area contributed by atoms with E-state index in [1.807, 2.05) is 6.92 Å². The lowest BCUT2D eigenvalue weighted by Gasteiger charge is -2.36. The van der Waals surface area contributed by atoms with Crippen LogP contribution in [0.5, 0.6) is 0 Å². The molecule has 2 atom stereocenters. The van der Waals surface area contributed by atoms with E-state index < -0.39 is 12.1 Å². The second-order valence-corrected chi connectivity index (χ2v) is 6.60. The number of anilines is 1. The highest BCUT2D eigenvalue weighted by molar-refractivity contribution is 6.30. The van der Waals surface area contributed by atoms with Gasteiger partial charge in [-0.1, -0.05) is 18.5 Å². The number of aromatic nitrogens is 1. The van der Waals surface area contributed by atoms with Crippen LogP contribution in [0.4, 0.5) is 10.5 Å². The Hall–Kier alpha value is -2.32. The molecule has 0 saturated carbocycles. The van der Waals surface area contributed by atoms with Crippen LogP contribution in [0.2, 0.25) is 5.15 Å². The van der Waals surface area contributed by atoms with E-state index in [1.54, 1.807) is 6.92 Å². The number of ether oxygens (including phenoxy) is 2. The van der Waals surface area contributed by atoms with Crippen molar-refractivity contribution in [3.63, 3.8) is 0 Å². The molecule has 1 N–H and O–H groups in total. The van der Waals surface area contributed by atoms with Gasteiger partial charge in [0.25, 0.3) is 0 Å². The van der Waals surface area contributed by atoms with Crippen LogP contribution in [-0.4, -0.2) is 47.5 Å². The van der Waals surface area contributed by atoms with Crippen LogP contribution in [0.1, 0.15) is 43.7 Å². The van der Waals surface area contributed by atoms with Gasteiger partial charge in [0.1, 0.15) is 16.4 Å². The van der Waals surface area contributed by atoms with Gasteiger partial charge in [0.05, 0.1) is 12.7 Å². The van der Waals surface area contributed by atoms with E-state index >= 15 is 0 Å². The first-order chi connectivity index (χ1) is 13.0. The van der Waals surface area contributed by atoms with E-state index in [9.17, 15) is 14.7 Å². The molecule has 0 aromatic carbocycles. The van der Waals surface area contributed by atoms with Crippen molar-refractivity contribution in [3.05, 3.63) is 23.0 Å². The SMILES string of the molecule is CCOC(=O)N(c1c(C(=O)O)oc2ccc(Cl)nc12)C1CCOC(CC)C1. The van der Waals surface area contributed by atoms with Crippen LogP contribution in [0.25, 0.3) is 11.1 Å². The Morgan fingerprint density at radius 1 is 1.41 bits per heavy atom. The Balaban J connectivity index is 2.16. The zero-order chi connectivity index (χ0) is 19.6. The minimum absolute atomic E-state index is 0.0244. The van der Waals surface area contributed by atoms with E-state index in [4.69, 9.17) is 25.5 Å². The van der Waals surface area contributed by atoms with Crippen molar-refractivity contribution >= 4 is 40.5 Å². The Labute approximate surface area is 161 Å². The maximum Gasteiger partial charge on any atom is 0.414 e. The molecule has 2 unspecified atom stereocenters. The second kappa shape index (κ2) is 8.14. The minimum Gasteiger partial charge on any atom is -0.475 e. The maximum absolute atomic E-state index is 12.8. The molecular formula is C18H21ClN2O6. The molecule has 1 fully saturated rings. The number of pyridine rings is 1. The highest BCUT2D eigenvalue weighted by atomic mass is 35.5. The second-order valence-electron chi connectivity index (χ2n) is 6.21. The predicted octanol–water partition coefficient (Wildman–Crippen LogP) is 4.10. The molecule has 8 nitrogen and oxygen atoms in total. The van der Waals surface area contributed by atoms with Gasteiger partial charge in [-0.05, 0) is 38.3 Å². The number of aromatic carboxylic acids is 1.